The Bertz CT molecular complexity index is 574. The van der Waals surface area contributed by atoms with Gasteiger partial charge in [0.15, 0.2) is 0 Å². The highest BCUT2D eigenvalue weighted by Gasteiger charge is 2.07. The lowest BCUT2D eigenvalue weighted by Crippen LogP contribution is -2.23. The normalized spacial score (nSPS) is 10.1. The third-order valence-corrected chi connectivity index (χ3v) is 3.16. The first kappa shape index (κ1) is 13.1. The van der Waals surface area contributed by atoms with Crippen molar-refractivity contribution in [2.75, 3.05) is 0 Å². The van der Waals surface area contributed by atoms with E-state index in [9.17, 15) is 4.79 Å². The van der Waals surface area contributed by atoms with Gasteiger partial charge in [0.05, 0.1) is 0 Å². The fourth-order valence-corrected chi connectivity index (χ4v) is 1.99. The molecule has 0 atom stereocenters. The van der Waals surface area contributed by atoms with Crippen LogP contribution in [0.4, 0.5) is 0 Å². The number of carbonyl (C=O) groups is 1. The van der Waals surface area contributed by atoms with Crippen LogP contribution in [0.2, 0.25) is 5.02 Å². The second-order valence-electron chi connectivity index (χ2n) is 3.62. The molecule has 0 fully saturated rings. The molecule has 0 saturated heterocycles. The zero-order valence-corrected chi connectivity index (χ0v) is 11.7. The molecule has 18 heavy (non-hydrogen) atoms. The summed E-state index contributed by atoms with van der Waals surface area (Å²) in [5.41, 5.74) is 1.25. The Balaban J connectivity index is 2.03. The SMILES string of the molecule is O=C(NCc1ccccc1Cl)c1cccc(Br)n1. The summed E-state index contributed by atoms with van der Waals surface area (Å²) < 4.78 is 0.632. The number of benzene rings is 1. The Labute approximate surface area is 118 Å². The summed E-state index contributed by atoms with van der Waals surface area (Å²) in [5.74, 6) is -0.226. The molecule has 0 unspecified atom stereocenters. The highest BCUT2D eigenvalue weighted by atomic mass is 79.9. The Morgan fingerprint density at radius 1 is 1.22 bits per heavy atom. The van der Waals surface area contributed by atoms with Gasteiger partial charge in [-0.3, -0.25) is 4.79 Å². The van der Waals surface area contributed by atoms with E-state index in [1.165, 1.54) is 0 Å². The highest BCUT2D eigenvalue weighted by Crippen LogP contribution is 2.14. The van der Waals surface area contributed by atoms with Gasteiger partial charge in [0.25, 0.3) is 5.91 Å². The molecule has 92 valence electrons. The molecule has 5 heteroatoms. The maximum absolute atomic E-state index is 11.8. The van der Waals surface area contributed by atoms with Crippen molar-refractivity contribution in [3.05, 3.63) is 63.3 Å². The third-order valence-electron chi connectivity index (χ3n) is 2.34. The number of halogens is 2. The lowest BCUT2D eigenvalue weighted by Gasteiger charge is -2.06. The maximum Gasteiger partial charge on any atom is 0.270 e. The van der Waals surface area contributed by atoms with E-state index in [-0.39, 0.29) is 5.91 Å². The van der Waals surface area contributed by atoms with Gasteiger partial charge in [-0.1, -0.05) is 35.9 Å². The molecular weight excluding hydrogens is 316 g/mol. The molecule has 1 aromatic heterocycles. The zero-order chi connectivity index (χ0) is 13.0. The summed E-state index contributed by atoms with van der Waals surface area (Å²) in [7, 11) is 0. The number of carbonyl (C=O) groups excluding carboxylic acids is 1. The number of aromatic nitrogens is 1. The van der Waals surface area contributed by atoms with Crippen LogP contribution in [0.15, 0.2) is 47.1 Å². The number of amides is 1. The molecule has 0 spiro atoms. The number of hydrogen-bond acceptors (Lipinski definition) is 2. The molecule has 1 aromatic carbocycles. The van der Waals surface area contributed by atoms with E-state index >= 15 is 0 Å². The van der Waals surface area contributed by atoms with E-state index < -0.39 is 0 Å². The van der Waals surface area contributed by atoms with Gasteiger partial charge in [-0.25, -0.2) is 4.98 Å². The number of hydrogen-bond donors (Lipinski definition) is 1. The van der Waals surface area contributed by atoms with Crippen molar-refractivity contribution in [3.63, 3.8) is 0 Å². The molecule has 2 aromatic rings. The van der Waals surface area contributed by atoms with E-state index in [1.54, 1.807) is 24.3 Å². The van der Waals surface area contributed by atoms with Crippen LogP contribution < -0.4 is 5.32 Å². The molecule has 1 N–H and O–H groups in total. The van der Waals surface area contributed by atoms with Crippen molar-refractivity contribution in [2.45, 2.75) is 6.54 Å². The van der Waals surface area contributed by atoms with Crippen molar-refractivity contribution in [3.8, 4) is 0 Å². The smallest absolute Gasteiger partial charge is 0.270 e. The number of nitrogens with one attached hydrogen (secondary N) is 1. The van der Waals surface area contributed by atoms with E-state index in [0.29, 0.717) is 21.9 Å². The van der Waals surface area contributed by atoms with E-state index in [1.807, 2.05) is 18.2 Å². The lowest BCUT2D eigenvalue weighted by molar-refractivity contribution is 0.0946. The summed E-state index contributed by atoms with van der Waals surface area (Å²) >= 11 is 9.23. The van der Waals surface area contributed by atoms with Crippen LogP contribution >= 0.6 is 27.5 Å². The summed E-state index contributed by atoms with van der Waals surface area (Å²) in [6, 6.07) is 12.6. The monoisotopic (exact) mass is 324 g/mol. The highest BCUT2D eigenvalue weighted by molar-refractivity contribution is 9.10. The predicted octanol–water partition coefficient (Wildman–Crippen LogP) is 3.43. The number of pyridine rings is 1. The first-order valence-electron chi connectivity index (χ1n) is 5.31. The van der Waals surface area contributed by atoms with Crippen LogP contribution in [0, 0.1) is 0 Å². The molecule has 0 radical (unpaired) electrons. The van der Waals surface area contributed by atoms with E-state index in [2.05, 4.69) is 26.2 Å². The lowest BCUT2D eigenvalue weighted by atomic mass is 10.2. The first-order valence-corrected chi connectivity index (χ1v) is 6.48. The van der Waals surface area contributed by atoms with Crippen LogP contribution in [-0.2, 0) is 6.54 Å². The van der Waals surface area contributed by atoms with Crippen molar-refractivity contribution in [1.29, 1.82) is 0 Å². The van der Waals surface area contributed by atoms with Crippen LogP contribution in [0.1, 0.15) is 16.1 Å². The molecule has 1 amide bonds. The standard InChI is InChI=1S/C13H10BrClN2O/c14-12-7-3-6-11(17-12)13(18)16-8-9-4-1-2-5-10(9)15/h1-7H,8H2,(H,16,18). The first-order chi connectivity index (χ1) is 8.66. The summed E-state index contributed by atoms with van der Waals surface area (Å²) in [6.45, 7) is 0.382. The third kappa shape index (κ3) is 3.31. The van der Waals surface area contributed by atoms with Gasteiger partial charge in [0.1, 0.15) is 10.3 Å². The zero-order valence-electron chi connectivity index (χ0n) is 9.36. The number of rotatable bonds is 3. The van der Waals surface area contributed by atoms with Crippen LogP contribution in [0.25, 0.3) is 0 Å². The fraction of sp³-hybridized carbons (Fsp3) is 0.0769. The Morgan fingerprint density at radius 3 is 2.72 bits per heavy atom. The van der Waals surface area contributed by atoms with Crippen molar-refractivity contribution >= 4 is 33.4 Å². The van der Waals surface area contributed by atoms with Gasteiger partial charge in [0, 0.05) is 11.6 Å². The molecule has 3 nitrogen and oxygen atoms in total. The second-order valence-corrected chi connectivity index (χ2v) is 4.84. The van der Waals surface area contributed by atoms with E-state index in [0.717, 1.165) is 5.56 Å². The van der Waals surface area contributed by atoms with Gasteiger partial charge in [-0.2, -0.15) is 0 Å². The largest absolute Gasteiger partial charge is 0.347 e. The van der Waals surface area contributed by atoms with Gasteiger partial charge >= 0.3 is 0 Å². The summed E-state index contributed by atoms with van der Waals surface area (Å²) in [5, 5.41) is 3.42. The average Bonchev–Trinajstić information content (AvgIpc) is 2.37. The van der Waals surface area contributed by atoms with Gasteiger partial charge in [-0.15, -0.1) is 0 Å². The second kappa shape index (κ2) is 5.98. The van der Waals surface area contributed by atoms with Crippen LogP contribution in [0.3, 0.4) is 0 Å². The minimum atomic E-state index is -0.226. The molecule has 0 aliphatic heterocycles. The Hall–Kier alpha value is -1.39. The topological polar surface area (TPSA) is 42.0 Å². The molecule has 2 rings (SSSR count). The maximum atomic E-state index is 11.8. The molecule has 0 aliphatic rings. The van der Waals surface area contributed by atoms with Crippen molar-refractivity contribution in [2.24, 2.45) is 0 Å². The van der Waals surface area contributed by atoms with Crippen molar-refractivity contribution < 1.29 is 4.79 Å². The number of nitrogens with zero attached hydrogens (tertiary/aromatic N) is 1. The molecule has 0 saturated carbocycles. The summed E-state index contributed by atoms with van der Waals surface area (Å²) in [6.07, 6.45) is 0. The minimum Gasteiger partial charge on any atom is -0.347 e. The van der Waals surface area contributed by atoms with Crippen molar-refractivity contribution in [1.82, 2.24) is 10.3 Å². The fourth-order valence-electron chi connectivity index (χ4n) is 1.44. The summed E-state index contributed by atoms with van der Waals surface area (Å²) in [4.78, 5) is 15.9. The Kier molecular flexibility index (Phi) is 4.33. The molecule has 1 heterocycles. The van der Waals surface area contributed by atoms with Gasteiger partial charge < -0.3 is 5.32 Å². The quantitative estimate of drug-likeness (QED) is 0.879. The van der Waals surface area contributed by atoms with E-state index in [4.69, 9.17) is 11.6 Å². The average molecular weight is 326 g/mol. The minimum absolute atomic E-state index is 0.226. The van der Waals surface area contributed by atoms with Crippen LogP contribution in [-0.4, -0.2) is 10.9 Å². The van der Waals surface area contributed by atoms with Crippen LogP contribution in [0.5, 0.6) is 0 Å². The molecular formula is C13H10BrClN2O. The molecule has 0 bridgehead atoms. The van der Waals surface area contributed by atoms with Gasteiger partial charge in [-0.05, 0) is 39.7 Å². The predicted molar refractivity (Wildman–Crippen MR) is 74.6 cm³/mol. The Morgan fingerprint density at radius 2 is 2.00 bits per heavy atom. The molecule has 0 aliphatic carbocycles. The van der Waals surface area contributed by atoms with Gasteiger partial charge in [0.2, 0.25) is 0 Å².